The molecule has 1 N–H and O–H groups in total. The third-order valence-corrected chi connectivity index (χ3v) is 4.26. The normalized spacial score (nSPS) is 11.0. The van der Waals surface area contributed by atoms with Crippen molar-refractivity contribution in [1.82, 2.24) is 9.88 Å². The first kappa shape index (κ1) is 14.8. The number of thiazole rings is 1. The van der Waals surface area contributed by atoms with E-state index in [1.54, 1.807) is 0 Å². The third kappa shape index (κ3) is 4.16. The van der Waals surface area contributed by atoms with Gasteiger partial charge in [-0.1, -0.05) is 72.0 Å². The number of hydrogen-bond donors (Lipinski definition) is 1. The maximum Gasteiger partial charge on any atom is 0.304 e. The predicted octanol–water partition coefficient (Wildman–Crippen LogP) is 3.64. The highest BCUT2D eigenvalue weighted by Crippen LogP contribution is 2.14. The number of hydrogen-bond acceptors (Lipinski definition) is 3. The molecule has 0 saturated carbocycles. The highest BCUT2D eigenvalue weighted by atomic mass is 32.1. The quantitative estimate of drug-likeness (QED) is 0.754. The van der Waals surface area contributed by atoms with E-state index in [2.05, 4.69) is 58.4 Å². The minimum Gasteiger partial charge on any atom is -0.319 e. The van der Waals surface area contributed by atoms with E-state index in [0.29, 0.717) is 0 Å². The lowest BCUT2D eigenvalue weighted by Crippen LogP contribution is -2.21. The summed E-state index contributed by atoms with van der Waals surface area (Å²) in [5.41, 5.74) is 2.56. The number of rotatable bonds is 6. The van der Waals surface area contributed by atoms with Crippen molar-refractivity contribution in [2.45, 2.75) is 19.6 Å². The molecule has 0 fully saturated rings. The molecule has 3 aromatic rings. The molecule has 0 bridgehead atoms. The molecule has 0 atom stereocenters. The summed E-state index contributed by atoms with van der Waals surface area (Å²) in [4.78, 5) is 17.5. The molecule has 0 saturated heterocycles. The Balaban J connectivity index is 1.76. The van der Waals surface area contributed by atoms with Gasteiger partial charge in [0.25, 0.3) is 0 Å². The van der Waals surface area contributed by atoms with Crippen molar-refractivity contribution in [2.75, 3.05) is 0 Å². The van der Waals surface area contributed by atoms with Gasteiger partial charge in [-0.2, -0.15) is 0 Å². The van der Waals surface area contributed by atoms with Gasteiger partial charge in [0.05, 0.1) is 0 Å². The summed E-state index contributed by atoms with van der Waals surface area (Å²) < 4.78 is 0. The standard InChI is InChI=1S/C18H18N2OS/c21-18-19-11-17(22-18)14-20(12-15-7-3-1-4-8-15)13-16-9-5-2-6-10-16/h1-11H,12-14H2,(H,19,21). The van der Waals surface area contributed by atoms with E-state index < -0.39 is 0 Å². The van der Waals surface area contributed by atoms with E-state index in [0.717, 1.165) is 24.5 Å². The Labute approximate surface area is 133 Å². The van der Waals surface area contributed by atoms with Crippen molar-refractivity contribution in [1.29, 1.82) is 0 Å². The van der Waals surface area contributed by atoms with Crippen LogP contribution in [0.2, 0.25) is 0 Å². The van der Waals surface area contributed by atoms with Gasteiger partial charge in [0, 0.05) is 30.7 Å². The second kappa shape index (κ2) is 7.20. The minimum absolute atomic E-state index is 0.00868. The SMILES string of the molecule is O=c1[nH]cc(CN(Cc2ccccc2)Cc2ccccc2)s1. The summed E-state index contributed by atoms with van der Waals surface area (Å²) in [5, 5.41) is 0. The molecule has 0 aliphatic carbocycles. The lowest BCUT2D eigenvalue weighted by Gasteiger charge is -2.21. The Morgan fingerprint density at radius 2 is 1.36 bits per heavy atom. The fourth-order valence-electron chi connectivity index (χ4n) is 2.47. The van der Waals surface area contributed by atoms with Gasteiger partial charge in [0.2, 0.25) is 0 Å². The van der Waals surface area contributed by atoms with Crippen LogP contribution in [0.1, 0.15) is 16.0 Å². The summed E-state index contributed by atoms with van der Waals surface area (Å²) in [7, 11) is 0. The van der Waals surface area contributed by atoms with Crippen molar-refractivity contribution in [3.05, 3.63) is 92.5 Å². The molecule has 0 unspecified atom stereocenters. The summed E-state index contributed by atoms with van der Waals surface area (Å²) >= 11 is 1.28. The van der Waals surface area contributed by atoms with Crippen LogP contribution in [0.25, 0.3) is 0 Å². The number of nitrogens with zero attached hydrogens (tertiary/aromatic N) is 1. The Hall–Kier alpha value is -2.17. The first-order valence-corrected chi connectivity index (χ1v) is 8.09. The van der Waals surface area contributed by atoms with E-state index >= 15 is 0 Å². The second-order valence-corrected chi connectivity index (χ2v) is 6.36. The van der Waals surface area contributed by atoms with E-state index in [1.807, 2.05) is 18.3 Å². The van der Waals surface area contributed by atoms with Crippen LogP contribution in [0.3, 0.4) is 0 Å². The molecule has 0 radical (unpaired) electrons. The molecule has 1 heterocycles. The summed E-state index contributed by atoms with van der Waals surface area (Å²) in [6.45, 7) is 2.50. The Kier molecular flexibility index (Phi) is 4.83. The Morgan fingerprint density at radius 3 is 1.82 bits per heavy atom. The zero-order valence-electron chi connectivity index (χ0n) is 12.2. The molecule has 4 heteroatoms. The lowest BCUT2D eigenvalue weighted by molar-refractivity contribution is 0.250. The smallest absolute Gasteiger partial charge is 0.304 e. The first-order valence-electron chi connectivity index (χ1n) is 7.27. The third-order valence-electron chi connectivity index (χ3n) is 3.45. The van der Waals surface area contributed by atoms with Gasteiger partial charge in [0.15, 0.2) is 0 Å². The van der Waals surface area contributed by atoms with Crippen LogP contribution in [0.5, 0.6) is 0 Å². The summed E-state index contributed by atoms with van der Waals surface area (Å²) in [6.07, 6.45) is 1.82. The minimum atomic E-state index is 0.00868. The zero-order chi connectivity index (χ0) is 15.2. The lowest BCUT2D eigenvalue weighted by atomic mass is 10.1. The van der Waals surface area contributed by atoms with Crippen LogP contribution in [-0.2, 0) is 19.6 Å². The van der Waals surface area contributed by atoms with E-state index in [9.17, 15) is 4.79 Å². The molecule has 3 rings (SSSR count). The highest BCUT2D eigenvalue weighted by Gasteiger charge is 2.09. The van der Waals surface area contributed by atoms with Crippen molar-refractivity contribution in [3.63, 3.8) is 0 Å². The molecule has 0 aliphatic rings. The fraction of sp³-hybridized carbons (Fsp3) is 0.167. The predicted molar refractivity (Wildman–Crippen MR) is 90.8 cm³/mol. The number of aromatic amines is 1. The molecule has 2 aromatic carbocycles. The van der Waals surface area contributed by atoms with Gasteiger partial charge >= 0.3 is 4.87 Å². The molecular weight excluding hydrogens is 292 g/mol. The zero-order valence-corrected chi connectivity index (χ0v) is 13.1. The van der Waals surface area contributed by atoms with Gasteiger partial charge in [-0.15, -0.1) is 0 Å². The van der Waals surface area contributed by atoms with E-state index in [1.165, 1.54) is 22.5 Å². The molecule has 0 amide bonds. The topological polar surface area (TPSA) is 36.1 Å². The number of H-pyrrole nitrogens is 1. The van der Waals surface area contributed by atoms with Crippen LogP contribution >= 0.6 is 11.3 Å². The van der Waals surface area contributed by atoms with Crippen molar-refractivity contribution in [2.24, 2.45) is 0 Å². The molecule has 22 heavy (non-hydrogen) atoms. The number of aromatic nitrogens is 1. The number of benzene rings is 2. The van der Waals surface area contributed by atoms with E-state index in [4.69, 9.17) is 0 Å². The van der Waals surface area contributed by atoms with Gasteiger partial charge in [0.1, 0.15) is 0 Å². The number of nitrogens with one attached hydrogen (secondary N) is 1. The Morgan fingerprint density at radius 1 is 0.818 bits per heavy atom. The monoisotopic (exact) mass is 310 g/mol. The van der Waals surface area contributed by atoms with Crippen molar-refractivity contribution in [3.8, 4) is 0 Å². The van der Waals surface area contributed by atoms with Crippen LogP contribution in [0.15, 0.2) is 71.7 Å². The largest absolute Gasteiger partial charge is 0.319 e. The van der Waals surface area contributed by atoms with Gasteiger partial charge < -0.3 is 4.98 Å². The average molecular weight is 310 g/mol. The van der Waals surface area contributed by atoms with Crippen LogP contribution < -0.4 is 4.87 Å². The van der Waals surface area contributed by atoms with Gasteiger partial charge in [-0.05, 0) is 11.1 Å². The summed E-state index contributed by atoms with van der Waals surface area (Å²) in [6, 6.07) is 20.8. The van der Waals surface area contributed by atoms with E-state index in [-0.39, 0.29) is 4.87 Å². The molecule has 3 nitrogen and oxygen atoms in total. The highest BCUT2D eigenvalue weighted by molar-refractivity contribution is 7.09. The van der Waals surface area contributed by atoms with Gasteiger partial charge in [-0.3, -0.25) is 9.69 Å². The molecule has 112 valence electrons. The van der Waals surface area contributed by atoms with Crippen LogP contribution in [-0.4, -0.2) is 9.88 Å². The summed E-state index contributed by atoms with van der Waals surface area (Å²) in [5.74, 6) is 0. The molecular formula is C18H18N2OS. The van der Waals surface area contributed by atoms with Crippen molar-refractivity contribution < 1.29 is 0 Å². The van der Waals surface area contributed by atoms with Gasteiger partial charge in [-0.25, -0.2) is 0 Å². The maximum atomic E-state index is 11.3. The van der Waals surface area contributed by atoms with Crippen molar-refractivity contribution >= 4 is 11.3 Å². The molecule has 1 aromatic heterocycles. The first-order chi connectivity index (χ1) is 10.8. The average Bonchev–Trinajstić information content (AvgIpc) is 2.94. The van der Waals surface area contributed by atoms with Crippen LogP contribution in [0.4, 0.5) is 0 Å². The second-order valence-electron chi connectivity index (χ2n) is 5.26. The Bertz CT molecular complexity index is 708. The van der Waals surface area contributed by atoms with Crippen LogP contribution in [0, 0.1) is 0 Å². The molecule has 0 aliphatic heterocycles. The maximum absolute atomic E-state index is 11.3. The fourth-order valence-corrected chi connectivity index (χ4v) is 3.19. The molecule has 0 spiro atoms.